The van der Waals surface area contributed by atoms with Crippen LogP contribution in [0.2, 0.25) is 0 Å². The molecule has 0 unspecified atom stereocenters. The molecule has 0 rings (SSSR count). The molecule has 4 nitrogen and oxygen atoms in total. The number of carbonyl (C=O) groups excluding carboxylic acids is 2. The molecule has 2 radical (unpaired) electrons. The van der Waals surface area contributed by atoms with E-state index in [4.69, 9.17) is 6.15 Å². The third-order valence-corrected chi connectivity index (χ3v) is 7.70. The van der Waals surface area contributed by atoms with E-state index in [1.165, 1.54) is 38.5 Å². The quantitative estimate of drug-likeness (QED) is 0.174. The Kier molecular flexibility index (Phi) is 20.1. The molecule has 27 heavy (non-hydrogen) atoms. The summed E-state index contributed by atoms with van der Waals surface area (Å²) in [6, 6.07) is 0. The maximum atomic E-state index is 11.6. The van der Waals surface area contributed by atoms with Crippen LogP contribution in [0.1, 0.15) is 79.1 Å². The Morgan fingerprint density at radius 2 is 1.11 bits per heavy atom. The van der Waals surface area contributed by atoms with Gasteiger partial charge in [-0.3, -0.25) is 0 Å². The zero-order chi connectivity index (χ0) is 20.3. The second-order valence-electron chi connectivity index (χ2n) is 7.62. The molecular weight excluding hydrogens is 487 g/mol. The maximum absolute atomic E-state index is 11.6. The zero-order valence-electron chi connectivity index (χ0n) is 17.6. The van der Waals surface area contributed by atoms with E-state index in [0.717, 1.165) is 36.2 Å². The summed E-state index contributed by atoms with van der Waals surface area (Å²) >= 11 is 1.42. The van der Waals surface area contributed by atoms with E-state index in [1.807, 2.05) is 0 Å². The van der Waals surface area contributed by atoms with Crippen molar-refractivity contribution in [3.8, 4) is 0 Å². The number of unbranched alkanes of at least 4 members (excludes halogenated alkanes) is 4. The number of hydrogen-bond donors (Lipinski definition) is 0. The molecule has 7 heteroatoms. The summed E-state index contributed by atoms with van der Waals surface area (Å²) in [6.07, 6.45) is 9.84. The second-order valence-corrected chi connectivity index (χ2v) is 11.5. The first kappa shape index (κ1) is 27.4. The van der Waals surface area contributed by atoms with Crippen LogP contribution in [-0.4, -0.2) is 56.9 Å². The first-order valence-electron chi connectivity index (χ1n) is 10.2. The summed E-state index contributed by atoms with van der Waals surface area (Å²) in [4.78, 5) is 23.2. The normalized spacial score (nSPS) is 11.2. The third kappa shape index (κ3) is 22.6. The van der Waals surface area contributed by atoms with Gasteiger partial charge in [0.2, 0.25) is 0 Å². The van der Waals surface area contributed by atoms with Crippen molar-refractivity contribution in [3.63, 3.8) is 0 Å². The summed E-state index contributed by atoms with van der Waals surface area (Å²) in [6.45, 7) is 8.98. The average molecular weight is 525 g/mol. The molecule has 0 aliphatic heterocycles. The Hall–Kier alpha value is 0.439. The van der Waals surface area contributed by atoms with Crippen molar-refractivity contribution in [2.75, 3.05) is 23.0 Å². The molecule has 0 N–H and O–H groups in total. The predicted octanol–water partition coefficient (Wildman–Crippen LogP) is 5.51. The van der Waals surface area contributed by atoms with E-state index >= 15 is 0 Å². The molecule has 0 aromatic carbocycles. The molecule has 0 amide bonds. The molecule has 0 heterocycles. The predicted molar refractivity (Wildman–Crippen MR) is 119 cm³/mol. The molecule has 0 aliphatic rings. The van der Waals surface area contributed by atoms with Crippen LogP contribution in [0.25, 0.3) is 0 Å². The van der Waals surface area contributed by atoms with Gasteiger partial charge in [0, 0.05) is 0 Å². The van der Waals surface area contributed by atoms with Gasteiger partial charge in [0.05, 0.1) is 0 Å². The van der Waals surface area contributed by atoms with Crippen LogP contribution < -0.4 is 0 Å². The molecule has 0 saturated heterocycles. The molecular formula is C20H38O4S2Sn. The van der Waals surface area contributed by atoms with Gasteiger partial charge in [0.15, 0.2) is 0 Å². The Balaban J connectivity index is 3.36. The summed E-state index contributed by atoms with van der Waals surface area (Å²) < 4.78 is 10.2. The summed E-state index contributed by atoms with van der Waals surface area (Å²) in [5.74, 6) is 3.79. The van der Waals surface area contributed by atoms with Crippen LogP contribution in [0.3, 0.4) is 0 Å². The van der Waals surface area contributed by atoms with Crippen molar-refractivity contribution >= 4 is 57.4 Å². The fraction of sp³-hybridized carbons (Fsp3) is 0.900. The Morgan fingerprint density at radius 3 is 1.48 bits per heavy atom. The van der Waals surface area contributed by atoms with Crippen LogP contribution in [0.4, 0.5) is 0 Å². The fourth-order valence-electron chi connectivity index (χ4n) is 2.35. The molecule has 0 aromatic heterocycles. The van der Waals surface area contributed by atoms with Crippen LogP contribution in [0, 0.1) is 11.8 Å². The first-order chi connectivity index (χ1) is 12.9. The zero-order valence-corrected chi connectivity index (χ0v) is 22.1. The van der Waals surface area contributed by atoms with Gasteiger partial charge in [-0.2, -0.15) is 0 Å². The minimum atomic E-state index is -1.81. The van der Waals surface area contributed by atoms with E-state index < -0.39 is 22.0 Å². The van der Waals surface area contributed by atoms with Crippen molar-refractivity contribution in [1.29, 1.82) is 0 Å². The molecule has 158 valence electrons. The van der Waals surface area contributed by atoms with Gasteiger partial charge in [0.25, 0.3) is 0 Å². The topological polar surface area (TPSA) is 52.6 Å². The van der Waals surface area contributed by atoms with Crippen molar-refractivity contribution < 1.29 is 15.7 Å². The number of carbonyl (C=O) groups is 2. The average Bonchev–Trinajstić information content (AvgIpc) is 2.59. The molecule has 0 spiro atoms. The third-order valence-electron chi connectivity index (χ3n) is 3.89. The Bertz CT molecular complexity index is 345. The molecule has 0 aliphatic carbocycles. The van der Waals surface area contributed by atoms with Gasteiger partial charge in [-0.05, 0) is 0 Å². The standard InChI is InChI=1S/2C10H20O2S.Sn/c2*1-9(2)6-4-3-5-7-13-8-10(11)12;/h2*9H,3-8H2,1-2H3,(H,11,12);/q;;+2/p-2. The van der Waals surface area contributed by atoms with Crippen LogP contribution in [-0.2, 0) is 15.7 Å². The van der Waals surface area contributed by atoms with Crippen LogP contribution in [0.5, 0.6) is 0 Å². The molecule has 0 aromatic rings. The summed E-state index contributed by atoms with van der Waals surface area (Å²) in [5, 5.41) is 0. The summed E-state index contributed by atoms with van der Waals surface area (Å²) in [5.41, 5.74) is 0. The monoisotopic (exact) mass is 526 g/mol. The van der Waals surface area contributed by atoms with Crippen molar-refractivity contribution in [3.05, 3.63) is 0 Å². The van der Waals surface area contributed by atoms with Gasteiger partial charge in [-0.1, -0.05) is 0 Å². The SMILES string of the molecule is CC(C)CCCCCSCC(=O)[O][Sn][O]C(=O)CSCCCCCC(C)C. The molecule has 0 fully saturated rings. The van der Waals surface area contributed by atoms with Gasteiger partial charge < -0.3 is 0 Å². The van der Waals surface area contributed by atoms with E-state index in [0.29, 0.717) is 11.5 Å². The van der Waals surface area contributed by atoms with Gasteiger partial charge >= 0.3 is 187 Å². The van der Waals surface area contributed by atoms with E-state index in [1.54, 1.807) is 23.5 Å². The van der Waals surface area contributed by atoms with Crippen molar-refractivity contribution in [1.82, 2.24) is 0 Å². The van der Waals surface area contributed by atoms with Crippen LogP contribution >= 0.6 is 23.5 Å². The Labute approximate surface area is 186 Å². The van der Waals surface area contributed by atoms with E-state index in [9.17, 15) is 9.59 Å². The second kappa shape index (κ2) is 19.7. The summed E-state index contributed by atoms with van der Waals surface area (Å²) in [7, 11) is 0. The minimum absolute atomic E-state index is 0.237. The molecule has 0 bridgehead atoms. The van der Waals surface area contributed by atoms with Gasteiger partial charge in [-0.25, -0.2) is 0 Å². The van der Waals surface area contributed by atoms with Gasteiger partial charge in [-0.15, -0.1) is 0 Å². The number of thioether (sulfide) groups is 2. The fourth-order valence-corrected chi connectivity index (χ4v) is 5.57. The van der Waals surface area contributed by atoms with Crippen molar-refractivity contribution in [2.45, 2.75) is 79.1 Å². The van der Waals surface area contributed by atoms with Crippen molar-refractivity contribution in [2.24, 2.45) is 11.8 Å². The van der Waals surface area contributed by atoms with E-state index in [-0.39, 0.29) is 11.9 Å². The molecule has 0 saturated carbocycles. The number of rotatable bonds is 18. The van der Waals surface area contributed by atoms with Crippen LogP contribution in [0.15, 0.2) is 0 Å². The van der Waals surface area contributed by atoms with E-state index in [2.05, 4.69) is 27.7 Å². The molecule has 0 atom stereocenters. The first-order valence-corrected chi connectivity index (χ1v) is 14.9. The Morgan fingerprint density at radius 1 is 0.704 bits per heavy atom. The van der Waals surface area contributed by atoms with Gasteiger partial charge in [0.1, 0.15) is 0 Å². The number of hydrogen-bond acceptors (Lipinski definition) is 6.